The Hall–Kier alpha value is -15.7. The summed E-state index contributed by atoms with van der Waals surface area (Å²) >= 11 is 3.75. The highest BCUT2D eigenvalue weighted by Crippen LogP contribution is 2.41. The summed E-state index contributed by atoms with van der Waals surface area (Å²) in [5.41, 5.74) is 15.8. The minimum absolute atomic E-state index is 0.731. The van der Waals surface area contributed by atoms with Crippen LogP contribution in [0.25, 0.3) is 180 Å². The van der Waals surface area contributed by atoms with E-state index in [9.17, 15) is 0 Å². The number of thiophene rings is 2. The van der Waals surface area contributed by atoms with Crippen LogP contribution < -0.4 is 41.5 Å². The van der Waals surface area contributed by atoms with Gasteiger partial charge in [0.05, 0.1) is 77.2 Å². The Morgan fingerprint density at radius 2 is 0.568 bits per heavy atom. The first-order valence-electron chi connectivity index (χ1n) is 42.3. The summed E-state index contributed by atoms with van der Waals surface area (Å²) in [6.07, 6.45) is 0. The smallest absolute Gasteiger partial charge is 0.221 e. The van der Waals surface area contributed by atoms with Crippen molar-refractivity contribution in [3.8, 4) is 34.4 Å². The molecular weight excluding hydrogens is 1600 g/mol. The lowest BCUT2D eigenvalue weighted by Crippen LogP contribution is -2.75. The Balaban J connectivity index is 0.674. The molecule has 11 aromatic heterocycles. The van der Waals surface area contributed by atoms with Gasteiger partial charge in [-0.1, -0.05) is 285 Å². The second-order valence-electron chi connectivity index (χ2n) is 32.7. The van der Waals surface area contributed by atoms with Gasteiger partial charge in [-0.05, 0) is 180 Å². The van der Waals surface area contributed by atoms with Gasteiger partial charge < -0.3 is 0 Å². The van der Waals surface area contributed by atoms with Crippen LogP contribution in [0.3, 0.4) is 0 Å². The monoisotopic (exact) mass is 1660 g/mol. The molecule has 0 N–H and O–H groups in total. The van der Waals surface area contributed by atoms with Crippen molar-refractivity contribution in [2.24, 2.45) is 0 Å². The highest BCUT2D eigenvalue weighted by molar-refractivity contribution is 7.31. The predicted octanol–water partition coefficient (Wildman–Crippen LogP) is 21.0. The van der Waals surface area contributed by atoms with Gasteiger partial charge in [0.2, 0.25) is 17.3 Å². The molecule has 0 aliphatic rings. The molecule has 16 aromatic carbocycles. The zero-order valence-corrected chi connectivity index (χ0v) is 70.6. The summed E-state index contributed by atoms with van der Waals surface area (Å²) in [4.78, 5) is 29.2. The summed E-state index contributed by atoms with van der Waals surface area (Å²) in [5.74, 6) is 5.33. The highest BCUT2D eigenvalue weighted by atomic mass is 32.1. The van der Waals surface area contributed by atoms with E-state index in [-0.39, 0.29) is 0 Å². The summed E-state index contributed by atoms with van der Waals surface area (Å²) in [7, 11) is -6.83. The van der Waals surface area contributed by atoms with Crippen LogP contribution >= 0.6 is 22.7 Å². The van der Waals surface area contributed by atoms with Crippen LogP contribution in [0.5, 0.6) is 0 Å². The van der Waals surface area contributed by atoms with Crippen molar-refractivity contribution in [1.29, 1.82) is 0 Å². The van der Waals surface area contributed by atoms with E-state index in [4.69, 9.17) is 24.9 Å². The molecule has 27 aromatic rings. The zero-order valence-electron chi connectivity index (χ0n) is 66.9. The lowest BCUT2D eigenvalue weighted by atomic mass is 10.0. The van der Waals surface area contributed by atoms with Crippen molar-refractivity contribution in [2.75, 3.05) is 0 Å². The fourth-order valence-corrected chi connectivity index (χ4v) is 33.4. The van der Waals surface area contributed by atoms with Crippen molar-refractivity contribution in [2.45, 2.75) is 0 Å². The van der Waals surface area contributed by atoms with Crippen LogP contribution in [0.4, 0.5) is 0 Å². The molecule has 0 amide bonds. The van der Waals surface area contributed by atoms with Crippen LogP contribution in [0.1, 0.15) is 0 Å². The number of rotatable bonds is 13. The fraction of sp³-hybridized carbons (Fsp3) is 0. The quantitative estimate of drug-likeness (QED) is 0.0846. The Bertz CT molecular complexity index is 9030. The largest absolute Gasteiger partial charge is 0.294 e. The van der Waals surface area contributed by atoms with E-state index < -0.39 is 16.1 Å². The molecule has 11 heterocycles. The van der Waals surface area contributed by atoms with Crippen molar-refractivity contribution >= 4 is 226 Å². The van der Waals surface area contributed by atoms with Crippen LogP contribution in [0, 0.1) is 0 Å². The number of hydrogen-bond donors (Lipinski definition) is 0. The second-order valence-corrected chi connectivity index (χ2v) is 42.4. The molecule has 0 aliphatic carbocycles. The third-order valence-electron chi connectivity index (χ3n) is 26.2. The Kier molecular flexibility index (Phi) is 15.1. The molecular formula is C109H68N12S2Si2. The van der Waals surface area contributed by atoms with Gasteiger partial charge in [-0.3, -0.25) is 31.5 Å². The maximum Gasteiger partial charge on any atom is 0.221 e. The molecule has 16 heteroatoms. The third-order valence-corrected chi connectivity index (χ3v) is 38.3. The SMILES string of the molecule is c1ccc([Si](c2ccccc2)(c2cc(-n3c4ccccc4n4c5ccccc5nc34)nc(-n3c4ccccc4n4c5cc(-c6ccc7c(c6)nc6n(-c8cc([Si](c9ccccc9)(c9ccccc9)c9cccc%10c9sc9ccccc9%10)cc(-n9c%10ccccc%10c%10ccccc%109)n8)c8ccccc8n76)ccc5nc34)c2)c2ccc3sc4ccccc4c3c2)cc1. The van der Waals surface area contributed by atoms with Crippen LogP contribution in [0.15, 0.2) is 413 Å². The first kappa shape index (κ1) is 70.0. The molecule has 0 saturated heterocycles. The average molecular weight is 1670 g/mol. The Morgan fingerprint density at radius 3 is 1.11 bits per heavy atom. The number of benzene rings is 16. The molecule has 0 saturated carbocycles. The van der Waals surface area contributed by atoms with Gasteiger partial charge >= 0.3 is 0 Å². The summed E-state index contributed by atoms with van der Waals surface area (Å²) in [6, 6.07) is 152. The van der Waals surface area contributed by atoms with Gasteiger partial charge in [0.1, 0.15) is 23.3 Å². The number of nitrogens with zero attached hydrogens (tertiary/aromatic N) is 12. The molecule has 0 bridgehead atoms. The van der Waals surface area contributed by atoms with Crippen molar-refractivity contribution in [3.63, 3.8) is 0 Å². The number of aromatic nitrogens is 12. The predicted molar refractivity (Wildman–Crippen MR) is 524 cm³/mol. The molecule has 0 atom stereocenters. The topological polar surface area (TPSA) is 97.4 Å². The number of fused-ring (bicyclic) bond motifs is 24. The third kappa shape index (κ3) is 10.0. The Morgan fingerprint density at radius 1 is 0.192 bits per heavy atom. The molecule has 584 valence electrons. The van der Waals surface area contributed by atoms with Gasteiger partial charge in [-0.15, -0.1) is 22.7 Å². The summed E-state index contributed by atoms with van der Waals surface area (Å²) in [6.45, 7) is 0. The normalized spacial score (nSPS) is 12.5. The number of pyridine rings is 2. The van der Waals surface area contributed by atoms with E-state index >= 15 is 0 Å². The molecule has 0 spiro atoms. The highest BCUT2D eigenvalue weighted by Gasteiger charge is 2.46. The van der Waals surface area contributed by atoms with Gasteiger partial charge in [0.25, 0.3) is 0 Å². The van der Waals surface area contributed by atoms with Gasteiger partial charge in [0.15, 0.2) is 16.1 Å². The van der Waals surface area contributed by atoms with E-state index in [1.54, 1.807) is 0 Å². The van der Waals surface area contributed by atoms with E-state index in [1.807, 2.05) is 22.7 Å². The van der Waals surface area contributed by atoms with Crippen molar-refractivity contribution < 1.29 is 0 Å². The molecule has 0 radical (unpaired) electrons. The van der Waals surface area contributed by atoms with Crippen LogP contribution in [0.2, 0.25) is 0 Å². The minimum atomic E-state index is -3.42. The van der Waals surface area contributed by atoms with E-state index in [0.29, 0.717) is 0 Å². The van der Waals surface area contributed by atoms with Crippen LogP contribution in [-0.2, 0) is 0 Å². The standard InChI is InChI=1S/C109H68N12S2Si2/c1-5-30-71(31-6-1)124(72-32-7-2-8-33-72,75-58-61-100-83(64-75)81-41-16-27-53-98(81)122-100)76-65-103(119-94-50-24-21-47-91(94)116-89-46-20-17-43-84(89)110-107(116)119)114-104(66-76)120-96-52-26-23-49-93(96)118-97-63-70(56-59-85(97)111-108(118)120)69-57-60-90-86(62-69)112-109-117(90)92-48-22-25-51-95(92)121(109)105-68-77(67-102(113-105)115-87-44-18-13-38-78(87)79-39-14-19-45-88(79)115)125(73-34-9-3-10-35-73,74-36-11-4-12-37-74)101-55-29-42-82-80-40-15-28-54-99(80)123-106(82)101/h1-68H. The number of hydrogen-bond acceptors (Lipinski definition) is 7. The average Bonchev–Trinajstić information content (AvgIpc) is 1.51. The van der Waals surface area contributed by atoms with Crippen LogP contribution in [-0.4, -0.2) is 72.5 Å². The minimum Gasteiger partial charge on any atom is -0.294 e. The van der Waals surface area contributed by atoms with Gasteiger partial charge in [-0.25, -0.2) is 24.9 Å². The fourth-order valence-electron chi connectivity index (χ4n) is 21.0. The molecule has 0 fully saturated rings. The molecule has 0 unspecified atom stereocenters. The zero-order chi connectivity index (χ0) is 81.7. The number of imidazole rings is 6. The van der Waals surface area contributed by atoms with Crippen molar-refractivity contribution in [1.82, 2.24) is 56.4 Å². The lowest BCUT2D eigenvalue weighted by molar-refractivity contribution is 0.985. The maximum atomic E-state index is 6.03. The van der Waals surface area contributed by atoms with E-state index in [2.05, 4.69) is 444 Å². The van der Waals surface area contributed by atoms with E-state index in [0.717, 1.165) is 134 Å². The first-order chi connectivity index (χ1) is 62.0. The number of para-hydroxylation sites is 10. The van der Waals surface area contributed by atoms with Gasteiger partial charge in [-0.2, -0.15) is 0 Å². The Labute approximate surface area is 723 Å². The summed E-state index contributed by atoms with van der Waals surface area (Å²) in [5, 5.41) is 17.4. The molecule has 0 aliphatic heterocycles. The van der Waals surface area contributed by atoms with E-state index in [1.165, 1.54) is 87.4 Å². The lowest BCUT2D eigenvalue weighted by Gasteiger charge is -2.35. The molecule has 27 rings (SSSR count). The second kappa shape index (κ2) is 26.9. The van der Waals surface area contributed by atoms with Crippen molar-refractivity contribution in [3.05, 3.63) is 413 Å². The molecule has 12 nitrogen and oxygen atoms in total. The summed E-state index contributed by atoms with van der Waals surface area (Å²) < 4.78 is 21.3. The van der Waals surface area contributed by atoms with Gasteiger partial charge in [0, 0.05) is 51.1 Å². The maximum absolute atomic E-state index is 6.03. The first-order valence-corrected chi connectivity index (χ1v) is 47.9. The molecule has 125 heavy (non-hydrogen) atoms.